The van der Waals surface area contributed by atoms with Gasteiger partial charge in [0.05, 0.1) is 22.5 Å². The molecule has 0 atom stereocenters. The van der Waals surface area contributed by atoms with Crippen molar-refractivity contribution in [3.63, 3.8) is 0 Å². The molecule has 0 aliphatic carbocycles. The second-order valence-electron chi connectivity index (χ2n) is 6.57. The Morgan fingerprint density at radius 1 is 0.700 bits per heavy atom. The predicted octanol–water partition coefficient (Wildman–Crippen LogP) is 4.37. The number of carbonyl (C=O) groups is 3. The molecular formula is C23H17N3O4. The third kappa shape index (κ3) is 3.77. The van der Waals surface area contributed by atoms with E-state index in [4.69, 9.17) is 0 Å². The quantitative estimate of drug-likeness (QED) is 0.399. The van der Waals surface area contributed by atoms with Crippen LogP contribution in [-0.2, 0) is 0 Å². The lowest BCUT2D eigenvalue weighted by Crippen LogP contribution is -2.19. The summed E-state index contributed by atoms with van der Waals surface area (Å²) in [6.45, 7) is 0. The maximum absolute atomic E-state index is 12.8. The average Bonchev–Trinajstić information content (AvgIpc) is 3.19. The van der Waals surface area contributed by atoms with E-state index < -0.39 is 17.8 Å². The van der Waals surface area contributed by atoms with Crippen LogP contribution < -0.4 is 10.6 Å². The fourth-order valence-corrected chi connectivity index (χ4v) is 3.14. The second-order valence-corrected chi connectivity index (χ2v) is 6.57. The van der Waals surface area contributed by atoms with Crippen molar-refractivity contribution >= 4 is 40.1 Å². The number of aromatic nitrogens is 1. The highest BCUT2D eigenvalue weighted by atomic mass is 16.4. The first-order valence-electron chi connectivity index (χ1n) is 9.15. The summed E-state index contributed by atoms with van der Waals surface area (Å²) in [7, 11) is 0. The van der Waals surface area contributed by atoms with Crippen LogP contribution in [0.4, 0.5) is 11.4 Å². The number of carbonyl (C=O) groups excluding carboxylic acids is 2. The predicted molar refractivity (Wildman–Crippen MR) is 114 cm³/mol. The Balaban J connectivity index is 1.59. The minimum atomic E-state index is -1.15. The van der Waals surface area contributed by atoms with E-state index in [-0.39, 0.29) is 16.8 Å². The number of aromatic amines is 1. The summed E-state index contributed by atoms with van der Waals surface area (Å²) in [6.07, 6.45) is 0. The molecule has 148 valence electrons. The fraction of sp³-hybridized carbons (Fsp3) is 0. The highest BCUT2D eigenvalue weighted by Gasteiger charge is 2.17. The minimum absolute atomic E-state index is 0.0227. The topological polar surface area (TPSA) is 111 Å². The number of H-pyrrole nitrogens is 1. The number of hydrogen-bond donors (Lipinski definition) is 4. The number of nitrogens with one attached hydrogen (secondary N) is 3. The van der Waals surface area contributed by atoms with Gasteiger partial charge in [-0.1, -0.05) is 42.5 Å². The van der Waals surface area contributed by atoms with Gasteiger partial charge in [0.1, 0.15) is 5.69 Å². The number of fused-ring (bicyclic) bond motifs is 1. The zero-order chi connectivity index (χ0) is 21.1. The van der Waals surface area contributed by atoms with Gasteiger partial charge in [-0.2, -0.15) is 0 Å². The lowest BCUT2D eigenvalue weighted by Gasteiger charge is -2.12. The summed E-state index contributed by atoms with van der Waals surface area (Å²) in [5.41, 5.74) is 1.87. The summed E-state index contributed by atoms with van der Waals surface area (Å²) < 4.78 is 0. The molecule has 1 heterocycles. The number of para-hydroxylation sites is 3. The zero-order valence-corrected chi connectivity index (χ0v) is 15.7. The fourth-order valence-electron chi connectivity index (χ4n) is 3.14. The molecule has 2 amide bonds. The van der Waals surface area contributed by atoms with E-state index in [0.29, 0.717) is 11.4 Å². The van der Waals surface area contributed by atoms with E-state index in [2.05, 4.69) is 15.6 Å². The number of anilines is 2. The SMILES string of the molecule is O=C(Nc1ccccc1C(=O)Nc1ccccc1C(=O)O)c1cc2ccccc2[nH]1. The van der Waals surface area contributed by atoms with Crippen LogP contribution >= 0.6 is 0 Å². The van der Waals surface area contributed by atoms with Gasteiger partial charge in [-0.15, -0.1) is 0 Å². The minimum Gasteiger partial charge on any atom is -0.478 e. The average molecular weight is 399 g/mol. The molecule has 0 radical (unpaired) electrons. The summed E-state index contributed by atoms with van der Waals surface area (Å²) in [5.74, 6) is -2.07. The molecule has 0 fully saturated rings. The van der Waals surface area contributed by atoms with Gasteiger partial charge in [0, 0.05) is 10.9 Å². The number of benzene rings is 3. The third-order valence-corrected chi connectivity index (χ3v) is 4.60. The van der Waals surface area contributed by atoms with E-state index >= 15 is 0 Å². The molecule has 3 aromatic carbocycles. The summed E-state index contributed by atoms with van der Waals surface area (Å²) in [6, 6.07) is 21.9. The first-order valence-corrected chi connectivity index (χ1v) is 9.15. The van der Waals surface area contributed by atoms with Gasteiger partial charge < -0.3 is 20.7 Å². The van der Waals surface area contributed by atoms with Crippen LogP contribution in [0, 0.1) is 0 Å². The molecule has 4 aromatic rings. The number of amides is 2. The van der Waals surface area contributed by atoms with Crippen molar-refractivity contribution in [1.82, 2.24) is 4.98 Å². The highest BCUT2D eigenvalue weighted by Crippen LogP contribution is 2.21. The van der Waals surface area contributed by atoms with Gasteiger partial charge in [0.25, 0.3) is 11.8 Å². The lowest BCUT2D eigenvalue weighted by molar-refractivity contribution is 0.0697. The normalized spacial score (nSPS) is 10.5. The monoisotopic (exact) mass is 399 g/mol. The molecule has 0 aliphatic heterocycles. The van der Waals surface area contributed by atoms with Gasteiger partial charge >= 0.3 is 5.97 Å². The molecule has 0 unspecified atom stereocenters. The maximum atomic E-state index is 12.8. The van der Waals surface area contributed by atoms with E-state index in [1.807, 2.05) is 24.3 Å². The Bertz CT molecular complexity index is 1240. The molecular weight excluding hydrogens is 382 g/mol. The van der Waals surface area contributed by atoms with Crippen molar-refractivity contribution in [2.24, 2.45) is 0 Å². The van der Waals surface area contributed by atoms with Gasteiger partial charge in [0.15, 0.2) is 0 Å². The molecule has 4 N–H and O–H groups in total. The Hall–Kier alpha value is -4.39. The van der Waals surface area contributed by atoms with Gasteiger partial charge in [0.2, 0.25) is 0 Å². The molecule has 0 aliphatic rings. The van der Waals surface area contributed by atoms with E-state index in [0.717, 1.165) is 10.9 Å². The van der Waals surface area contributed by atoms with Crippen LogP contribution in [0.3, 0.4) is 0 Å². The second kappa shape index (κ2) is 7.92. The van der Waals surface area contributed by atoms with Crippen LogP contribution in [0.15, 0.2) is 78.9 Å². The first-order chi connectivity index (χ1) is 14.5. The van der Waals surface area contributed by atoms with Gasteiger partial charge in [-0.05, 0) is 36.4 Å². The Morgan fingerprint density at radius 2 is 1.27 bits per heavy atom. The van der Waals surface area contributed by atoms with Crippen LogP contribution in [0.1, 0.15) is 31.2 Å². The highest BCUT2D eigenvalue weighted by molar-refractivity contribution is 6.14. The maximum Gasteiger partial charge on any atom is 0.337 e. The van der Waals surface area contributed by atoms with Gasteiger partial charge in [-0.25, -0.2) is 4.79 Å². The lowest BCUT2D eigenvalue weighted by atomic mass is 10.1. The van der Waals surface area contributed by atoms with Crippen LogP contribution in [0.2, 0.25) is 0 Å². The molecule has 0 saturated heterocycles. The van der Waals surface area contributed by atoms with E-state index in [1.165, 1.54) is 12.1 Å². The first kappa shape index (κ1) is 18.9. The van der Waals surface area contributed by atoms with Crippen molar-refractivity contribution in [1.29, 1.82) is 0 Å². The van der Waals surface area contributed by atoms with E-state index in [9.17, 15) is 19.5 Å². The third-order valence-electron chi connectivity index (χ3n) is 4.60. The van der Waals surface area contributed by atoms with Crippen molar-refractivity contribution < 1.29 is 19.5 Å². The Labute approximate surface area is 171 Å². The largest absolute Gasteiger partial charge is 0.478 e. The van der Waals surface area contributed by atoms with Crippen molar-refractivity contribution in [3.8, 4) is 0 Å². The van der Waals surface area contributed by atoms with Crippen molar-refractivity contribution in [3.05, 3.63) is 95.7 Å². The summed E-state index contributed by atoms with van der Waals surface area (Å²) >= 11 is 0. The van der Waals surface area contributed by atoms with Crippen LogP contribution in [-0.4, -0.2) is 27.9 Å². The smallest absolute Gasteiger partial charge is 0.337 e. The number of carboxylic acids is 1. The number of carboxylic acid groups (broad SMARTS) is 1. The summed E-state index contributed by atoms with van der Waals surface area (Å²) in [4.78, 5) is 39.9. The molecule has 1 aromatic heterocycles. The molecule has 7 heteroatoms. The Morgan fingerprint density at radius 3 is 1.97 bits per heavy atom. The molecule has 0 bridgehead atoms. The molecule has 30 heavy (non-hydrogen) atoms. The van der Waals surface area contributed by atoms with Crippen molar-refractivity contribution in [2.75, 3.05) is 10.6 Å². The molecule has 7 nitrogen and oxygen atoms in total. The Kier molecular flexibility index (Phi) is 5.00. The zero-order valence-electron chi connectivity index (χ0n) is 15.7. The van der Waals surface area contributed by atoms with Crippen LogP contribution in [0.5, 0.6) is 0 Å². The standard InChI is InChI=1S/C23H17N3O4/c27-21(25-19-12-6-3-9-16(19)23(29)30)15-8-2-5-11-18(15)26-22(28)20-13-14-7-1-4-10-17(14)24-20/h1-13,24H,(H,25,27)(H,26,28)(H,29,30). The molecule has 4 rings (SSSR count). The molecule has 0 saturated carbocycles. The summed E-state index contributed by atoms with van der Waals surface area (Å²) in [5, 5.41) is 15.5. The number of aromatic carboxylic acids is 1. The molecule has 0 spiro atoms. The van der Waals surface area contributed by atoms with Gasteiger partial charge in [-0.3, -0.25) is 9.59 Å². The van der Waals surface area contributed by atoms with Crippen LogP contribution in [0.25, 0.3) is 10.9 Å². The van der Waals surface area contributed by atoms with E-state index in [1.54, 1.807) is 42.5 Å². The number of rotatable bonds is 5. The van der Waals surface area contributed by atoms with Crippen molar-refractivity contribution in [2.45, 2.75) is 0 Å². The number of hydrogen-bond acceptors (Lipinski definition) is 3.